The average molecular weight is 345 g/mol. The van der Waals surface area contributed by atoms with Crippen molar-refractivity contribution in [2.24, 2.45) is 0 Å². The molecule has 0 unspecified atom stereocenters. The molecule has 0 spiro atoms. The van der Waals surface area contributed by atoms with Gasteiger partial charge in [-0.1, -0.05) is 30.3 Å². The van der Waals surface area contributed by atoms with Crippen LogP contribution >= 0.6 is 0 Å². The molecule has 0 aliphatic carbocycles. The Hall–Kier alpha value is -3.49. The monoisotopic (exact) mass is 345 g/mol. The lowest BCUT2D eigenvalue weighted by Crippen LogP contribution is -2.10. The van der Waals surface area contributed by atoms with Crippen molar-refractivity contribution in [1.29, 1.82) is 0 Å². The highest BCUT2D eigenvalue weighted by atomic mass is 16.6. The lowest BCUT2D eigenvalue weighted by atomic mass is 10.1. The van der Waals surface area contributed by atoms with Gasteiger partial charge in [0.1, 0.15) is 0 Å². The number of nitro benzene ring substituents is 2. The first-order valence-corrected chi connectivity index (χ1v) is 7.35. The molecule has 2 rings (SSSR count). The molecular formula is C16H15N3O6. The van der Waals surface area contributed by atoms with Gasteiger partial charge >= 0.3 is 5.97 Å². The highest BCUT2D eigenvalue weighted by Gasteiger charge is 2.28. The molecule has 2 aromatic rings. The van der Waals surface area contributed by atoms with E-state index in [0.29, 0.717) is 0 Å². The Balaban J connectivity index is 2.46. The number of anilines is 1. The molecule has 1 N–H and O–H groups in total. The quantitative estimate of drug-likeness (QED) is 0.463. The van der Waals surface area contributed by atoms with Crippen molar-refractivity contribution in [3.05, 3.63) is 73.8 Å². The molecule has 0 heterocycles. The van der Waals surface area contributed by atoms with Crippen LogP contribution in [0, 0.1) is 20.2 Å². The van der Waals surface area contributed by atoms with Gasteiger partial charge in [0.05, 0.1) is 22.0 Å². The fourth-order valence-electron chi connectivity index (χ4n) is 2.20. The van der Waals surface area contributed by atoms with E-state index in [-0.39, 0.29) is 24.4 Å². The summed E-state index contributed by atoms with van der Waals surface area (Å²) in [5.74, 6) is -0.858. The Morgan fingerprint density at radius 3 is 2.12 bits per heavy atom. The normalized spacial score (nSPS) is 10.1. The van der Waals surface area contributed by atoms with Crippen LogP contribution in [0.1, 0.15) is 22.8 Å². The van der Waals surface area contributed by atoms with Crippen LogP contribution in [0.5, 0.6) is 0 Å². The molecule has 9 nitrogen and oxygen atoms in total. The molecule has 0 amide bonds. The molecule has 0 aliphatic rings. The molecule has 25 heavy (non-hydrogen) atoms. The van der Waals surface area contributed by atoms with E-state index in [1.165, 1.54) is 0 Å². The number of nitro groups is 2. The number of hydrogen-bond acceptors (Lipinski definition) is 7. The number of carbonyl (C=O) groups is 1. The Morgan fingerprint density at radius 2 is 1.64 bits per heavy atom. The summed E-state index contributed by atoms with van der Waals surface area (Å²) in [5.41, 5.74) is -0.834. The van der Waals surface area contributed by atoms with Gasteiger partial charge in [-0.05, 0) is 12.5 Å². The SMILES string of the molecule is CCOC(=O)c1cc([N+](=O)[O-])c(NCc2ccccc2)c([N+](=O)[O-])c1. The van der Waals surface area contributed by atoms with Crippen LogP contribution in [0.15, 0.2) is 42.5 Å². The summed E-state index contributed by atoms with van der Waals surface area (Å²) < 4.78 is 4.76. The fourth-order valence-corrected chi connectivity index (χ4v) is 2.20. The molecule has 0 aliphatic heterocycles. The molecule has 0 radical (unpaired) electrons. The second-order valence-corrected chi connectivity index (χ2v) is 4.96. The van der Waals surface area contributed by atoms with Crippen molar-refractivity contribution in [3.8, 4) is 0 Å². The van der Waals surface area contributed by atoms with E-state index in [0.717, 1.165) is 17.7 Å². The molecular weight excluding hydrogens is 330 g/mol. The zero-order valence-electron chi connectivity index (χ0n) is 13.3. The van der Waals surface area contributed by atoms with Gasteiger partial charge in [-0.15, -0.1) is 0 Å². The first-order valence-electron chi connectivity index (χ1n) is 7.35. The summed E-state index contributed by atoms with van der Waals surface area (Å²) in [4.78, 5) is 32.9. The van der Waals surface area contributed by atoms with Crippen LogP contribution < -0.4 is 5.32 Å². The Kier molecular flexibility index (Phi) is 5.62. The van der Waals surface area contributed by atoms with Gasteiger partial charge in [0.15, 0.2) is 5.69 Å². The van der Waals surface area contributed by atoms with Crippen LogP contribution in [0.25, 0.3) is 0 Å². The Bertz CT molecular complexity index is 772. The molecule has 2 aromatic carbocycles. The van der Waals surface area contributed by atoms with Crippen LogP contribution in [-0.4, -0.2) is 22.4 Å². The van der Waals surface area contributed by atoms with Crippen LogP contribution in [-0.2, 0) is 11.3 Å². The second kappa shape index (κ2) is 7.86. The standard InChI is InChI=1S/C16H15N3O6/c1-2-25-16(20)12-8-13(18(21)22)15(14(9-12)19(23)24)17-10-11-6-4-3-5-7-11/h3-9,17H,2,10H2,1H3. The average Bonchev–Trinajstić information content (AvgIpc) is 2.60. The molecule has 0 atom stereocenters. The van der Waals surface area contributed by atoms with E-state index < -0.39 is 27.2 Å². The minimum atomic E-state index is -0.858. The third kappa shape index (κ3) is 4.28. The molecule has 0 aromatic heterocycles. The molecule has 9 heteroatoms. The number of nitrogens with zero attached hydrogens (tertiary/aromatic N) is 2. The van der Waals surface area contributed by atoms with Crippen LogP contribution in [0.3, 0.4) is 0 Å². The van der Waals surface area contributed by atoms with Gasteiger partial charge in [0, 0.05) is 18.7 Å². The number of hydrogen-bond donors (Lipinski definition) is 1. The van der Waals surface area contributed by atoms with Gasteiger partial charge in [0.25, 0.3) is 11.4 Å². The summed E-state index contributed by atoms with van der Waals surface area (Å²) >= 11 is 0. The number of rotatable bonds is 7. The predicted octanol–water partition coefficient (Wildman–Crippen LogP) is 3.29. The number of carbonyl (C=O) groups excluding carboxylic acids is 1. The Morgan fingerprint density at radius 1 is 1.08 bits per heavy atom. The molecule has 0 bridgehead atoms. The summed E-state index contributed by atoms with van der Waals surface area (Å²) in [5, 5.41) is 25.4. The fraction of sp³-hybridized carbons (Fsp3) is 0.188. The summed E-state index contributed by atoms with van der Waals surface area (Å²) in [6.07, 6.45) is 0. The zero-order chi connectivity index (χ0) is 18.4. The molecule has 0 saturated carbocycles. The molecule has 0 fully saturated rings. The number of benzene rings is 2. The maximum absolute atomic E-state index is 11.8. The van der Waals surface area contributed by atoms with E-state index in [1.807, 2.05) is 6.07 Å². The highest BCUT2D eigenvalue weighted by Crippen LogP contribution is 2.36. The largest absolute Gasteiger partial charge is 0.462 e. The van der Waals surface area contributed by atoms with Gasteiger partial charge < -0.3 is 10.1 Å². The van der Waals surface area contributed by atoms with E-state index in [1.54, 1.807) is 31.2 Å². The first-order chi connectivity index (χ1) is 11.9. The van der Waals surface area contributed by atoms with Crippen LogP contribution in [0.2, 0.25) is 0 Å². The van der Waals surface area contributed by atoms with E-state index >= 15 is 0 Å². The second-order valence-electron chi connectivity index (χ2n) is 4.96. The topological polar surface area (TPSA) is 125 Å². The lowest BCUT2D eigenvalue weighted by molar-refractivity contribution is -0.392. The number of ether oxygens (including phenoxy) is 1. The molecule has 0 saturated heterocycles. The third-order valence-corrected chi connectivity index (χ3v) is 3.31. The lowest BCUT2D eigenvalue weighted by Gasteiger charge is -2.10. The van der Waals surface area contributed by atoms with Crippen molar-refractivity contribution in [3.63, 3.8) is 0 Å². The van der Waals surface area contributed by atoms with Crippen molar-refractivity contribution in [2.45, 2.75) is 13.5 Å². The van der Waals surface area contributed by atoms with E-state index in [9.17, 15) is 25.0 Å². The van der Waals surface area contributed by atoms with Crippen molar-refractivity contribution in [2.75, 3.05) is 11.9 Å². The maximum Gasteiger partial charge on any atom is 0.338 e. The number of esters is 1. The van der Waals surface area contributed by atoms with Crippen molar-refractivity contribution >= 4 is 23.0 Å². The summed E-state index contributed by atoms with van der Waals surface area (Å²) in [7, 11) is 0. The van der Waals surface area contributed by atoms with Crippen molar-refractivity contribution < 1.29 is 19.4 Å². The molecule has 130 valence electrons. The van der Waals surface area contributed by atoms with Gasteiger partial charge in [0.2, 0.25) is 0 Å². The van der Waals surface area contributed by atoms with Gasteiger partial charge in [-0.3, -0.25) is 20.2 Å². The van der Waals surface area contributed by atoms with Crippen LogP contribution in [0.4, 0.5) is 17.1 Å². The number of nitrogens with one attached hydrogen (secondary N) is 1. The first kappa shape index (κ1) is 17.9. The smallest absolute Gasteiger partial charge is 0.338 e. The maximum atomic E-state index is 11.8. The minimum absolute atomic E-state index is 0.0500. The Labute approximate surface area is 142 Å². The minimum Gasteiger partial charge on any atom is -0.462 e. The van der Waals surface area contributed by atoms with Gasteiger partial charge in [-0.2, -0.15) is 0 Å². The van der Waals surface area contributed by atoms with E-state index in [4.69, 9.17) is 4.74 Å². The summed E-state index contributed by atoms with van der Waals surface area (Å²) in [6.45, 7) is 1.77. The summed E-state index contributed by atoms with van der Waals surface area (Å²) in [6, 6.07) is 10.9. The highest BCUT2D eigenvalue weighted by molar-refractivity contribution is 5.93. The third-order valence-electron chi connectivity index (χ3n) is 3.31. The zero-order valence-corrected chi connectivity index (χ0v) is 13.3. The predicted molar refractivity (Wildman–Crippen MR) is 89.5 cm³/mol. The van der Waals surface area contributed by atoms with Gasteiger partial charge in [-0.25, -0.2) is 4.79 Å². The van der Waals surface area contributed by atoms with Crippen molar-refractivity contribution in [1.82, 2.24) is 0 Å². The van der Waals surface area contributed by atoms with E-state index in [2.05, 4.69) is 5.32 Å².